The van der Waals surface area contributed by atoms with E-state index in [2.05, 4.69) is 14.6 Å². The van der Waals surface area contributed by atoms with Crippen molar-refractivity contribution in [2.45, 2.75) is 18.6 Å². The van der Waals surface area contributed by atoms with Crippen molar-refractivity contribution in [1.82, 2.24) is 14.6 Å². The smallest absolute Gasteiger partial charge is 0.273 e. The number of piperidine rings is 3. The van der Waals surface area contributed by atoms with E-state index in [0.29, 0.717) is 12.2 Å². The average Bonchev–Trinajstić information content (AvgIpc) is 2.98. The molecule has 1 atom stereocenters. The lowest BCUT2D eigenvalue weighted by Crippen LogP contribution is -2.67. The topological polar surface area (TPSA) is 74.7 Å². The summed E-state index contributed by atoms with van der Waals surface area (Å²) in [5.74, 6) is 0.559. The quantitative estimate of drug-likeness (QED) is 0.832. The van der Waals surface area contributed by atoms with Crippen LogP contribution in [0.2, 0.25) is 0 Å². The number of benzene rings is 1. The maximum Gasteiger partial charge on any atom is 0.273 e. The molecule has 7 heteroatoms. The fourth-order valence-corrected chi connectivity index (χ4v) is 4.45. The van der Waals surface area contributed by atoms with Gasteiger partial charge in [0.05, 0.1) is 11.8 Å². The first-order valence-corrected chi connectivity index (χ1v) is 8.57. The molecule has 5 rings (SSSR count). The highest BCUT2D eigenvalue weighted by molar-refractivity contribution is 7.13. The molecular formula is C16H19N3O3S. The van der Waals surface area contributed by atoms with Crippen molar-refractivity contribution in [3.05, 3.63) is 23.9 Å². The number of hydrogen-bond donors (Lipinski definition) is 2. The molecule has 6 nitrogen and oxygen atoms in total. The van der Waals surface area contributed by atoms with Crippen LogP contribution < -0.4 is 10.1 Å². The number of nitrogens with zero attached hydrogens (tertiary/aromatic N) is 2. The molecule has 3 aliphatic heterocycles. The zero-order valence-corrected chi connectivity index (χ0v) is 13.7. The van der Waals surface area contributed by atoms with Crippen LogP contribution in [0.1, 0.15) is 23.3 Å². The van der Waals surface area contributed by atoms with Gasteiger partial charge in [0.2, 0.25) is 0 Å². The molecule has 0 saturated carbocycles. The number of hydrogen-bond acceptors (Lipinski definition) is 6. The molecule has 1 aromatic heterocycles. The number of rotatable bonds is 3. The van der Waals surface area contributed by atoms with Gasteiger partial charge in [-0.25, -0.2) is 0 Å². The number of carbonyl (C=O) groups excluding carboxylic acids is 1. The van der Waals surface area contributed by atoms with Crippen LogP contribution >= 0.6 is 11.5 Å². The van der Waals surface area contributed by atoms with Gasteiger partial charge >= 0.3 is 0 Å². The number of methoxy groups -OCH3 is 1. The molecule has 0 spiro atoms. The Balaban J connectivity index is 1.60. The summed E-state index contributed by atoms with van der Waals surface area (Å²) in [6.45, 7) is 2.50. The highest BCUT2D eigenvalue weighted by atomic mass is 32.1. The Kier molecular flexibility index (Phi) is 3.51. The first kappa shape index (κ1) is 14.9. The minimum Gasteiger partial charge on any atom is -0.497 e. The number of aliphatic hydroxyl groups is 1. The zero-order valence-electron chi connectivity index (χ0n) is 12.9. The van der Waals surface area contributed by atoms with E-state index >= 15 is 0 Å². The molecule has 0 unspecified atom stereocenters. The Bertz CT molecular complexity index is 754. The second kappa shape index (κ2) is 5.43. The molecule has 2 bridgehead atoms. The van der Waals surface area contributed by atoms with Gasteiger partial charge in [-0.2, -0.15) is 4.37 Å². The van der Waals surface area contributed by atoms with Crippen molar-refractivity contribution >= 4 is 27.5 Å². The number of nitrogens with one attached hydrogen (secondary N) is 1. The first-order chi connectivity index (χ1) is 11.1. The Morgan fingerprint density at radius 1 is 1.48 bits per heavy atom. The molecular weight excluding hydrogens is 314 g/mol. The summed E-state index contributed by atoms with van der Waals surface area (Å²) in [6, 6.07) is 5.52. The second-order valence-corrected chi connectivity index (χ2v) is 7.13. The molecule has 122 valence electrons. The normalized spacial score (nSPS) is 29.7. The summed E-state index contributed by atoms with van der Waals surface area (Å²) in [5, 5.41) is 14.5. The van der Waals surface area contributed by atoms with Gasteiger partial charge in [0, 0.05) is 17.8 Å². The van der Waals surface area contributed by atoms with Crippen LogP contribution in [-0.4, -0.2) is 52.8 Å². The van der Waals surface area contributed by atoms with Crippen molar-refractivity contribution in [3.8, 4) is 5.75 Å². The van der Waals surface area contributed by atoms with Gasteiger partial charge in [0.15, 0.2) is 5.72 Å². The van der Waals surface area contributed by atoms with Crippen LogP contribution in [0.4, 0.5) is 0 Å². The van der Waals surface area contributed by atoms with E-state index in [1.807, 2.05) is 18.2 Å². The highest BCUT2D eigenvalue weighted by Gasteiger charge is 2.46. The van der Waals surface area contributed by atoms with Crippen LogP contribution in [0.3, 0.4) is 0 Å². The summed E-state index contributed by atoms with van der Waals surface area (Å²) in [4.78, 5) is 14.8. The minimum atomic E-state index is -1.14. The van der Waals surface area contributed by atoms with E-state index in [9.17, 15) is 9.90 Å². The van der Waals surface area contributed by atoms with Crippen molar-refractivity contribution in [2.24, 2.45) is 5.92 Å². The third-order valence-corrected chi connectivity index (χ3v) is 5.76. The van der Waals surface area contributed by atoms with E-state index in [1.54, 1.807) is 7.11 Å². The summed E-state index contributed by atoms with van der Waals surface area (Å²) in [7, 11) is 1.61. The molecule has 3 saturated heterocycles. The average molecular weight is 333 g/mol. The van der Waals surface area contributed by atoms with Crippen LogP contribution in [0.25, 0.3) is 10.1 Å². The Morgan fingerprint density at radius 2 is 2.26 bits per heavy atom. The summed E-state index contributed by atoms with van der Waals surface area (Å²) >= 11 is 1.27. The van der Waals surface area contributed by atoms with E-state index in [-0.39, 0.29) is 11.8 Å². The van der Waals surface area contributed by atoms with Gasteiger partial charge in [-0.3, -0.25) is 9.69 Å². The number of amides is 1. The lowest BCUT2D eigenvalue weighted by atomic mass is 9.81. The third-order valence-electron chi connectivity index (χ3n) is 4.95. The van der Waals surface area contributed by atoms with Gasteiger partial charge in [-0.1, -0.05) is 0 Å². The van der Waals surface area contributed by atoms with Crippen molar-refractivity contribution in [1.29, 1.82) is 0 Å². The van der Waals surface area contributed by atoms with E-state index in [0.717, 1.165) is 41.8 Å². The third kappa shape index (κ3) is 2.49. The standard InChI is InChI=1S/C16H19N3O3S/c1-22-11-2-3-12-13(8-11)23-18-14(12)15(20)17-16(21)9-19-6-4-10(16)5-7-19/h2-3,8,10,21H,4-7,9H2,1H3,(H,17,20)/t16-/m1/s1. The summed E-state index contributed by atoms with van der Waals surface area (Å²) < 4.78 is 10.4. The predicted molar refractivity (Wildman–Crippen MR) is 87.8 cm³/mol. The zero-order chi connectivity index (χ0) is 16.0. The fourth-order valence-electron chi connectivity index (χ4n) is 3.64. The monoisotopic (exact) mass is 333 g/mol. The van der Waals surface area contributed by atoms with Gasteiger partial charge in [0.1, 0.15) is 11.4 Å². The van der Waals surface area contributed by atoms with Gasteiger partial charge in [-0.05, 0) is 55.7 Å². The summed E-state index contributed by atoms with van der Waals surface area (Å²) in [5.41, 5.74) is -0.770. The van der Waals surface area contributed by atoms with Gasteiger partial charge in [0.25, 0.3) is 5.91 Å². The van der Waals surface area contributed by atoms with Gasteiger partial charge < -0.3 is 15.2 Å². The molecule has 4 heterocycles. The molecule has 0 radical (unpaired) electrons. The number of aromatic nitrogens is 1. The first-order valence-electron chi connectivity index (χ1n) is 7.80. The van der Waals surface area contributed by atoms with Crippen LogP contribution in [0.5, 0.6) is 5.75 Å². The lowest BCUT2D eigenvalue weighted by molar-refractivity contribution is -0.125. The van der Waals surface area contributed by atoms with Crippen molar-refractivity contribution < 1.29 is 14.6 Å². The molecule has 1 amide bonds. The van der Waals surface area contributed by atoms with Crippen LogP contribution in [0, 0.1) is 5.92 Å². The Hall–Kier alpha value is -1.70. The number of ether oxygens (including phenoxy) is 1. The van der Waals surface area contributed by atoms with Crippen LogP contribution in [-0.2, 0) is 0 Å². The molecule has 2 aromatic rings. The number of carbonyl (C=O) groups is 1. The largest absolute Gasteiger partial charge is 0.497 e. The lowest BCUT2D eigenvalue weighted by Gasteiger charge is -2.50. The predicted octanol–water partition coefficient (Wildman–Crippen LogP) is 1.45. The Labute approximate surface area is 138 Å². The van der Waals surface area contributed by atoms with Crippen LogP contribution in [0.15, 0.2) is 18.2 Å². The maximum absolute atomic E-state index is 12.6. The molecule has 0 aliphatic carbocycles. The van der Waals surface area contributed by atoms with Gasteiger partial charge in [-0.15, -0.1) is 0 Å². The fraction of sp³-hybridized carbons (Fsp3) is 0.500. The number of fused-ring (bicyclic) bond motifs is 4. The molecule has 1 aromatic carbocycles. The molecule has 3 aliphatic rings. The van der Waals surface area contributed by atoms with Crippen molar-refractivity contribution in [3.63, 3.8) is 0 Å². The van der Waals surface area contributed by atoms with E-state index < -0.39 is 5.72 Å². The summed E-state index contributed by atoms with van der Waals surface area (Å²) in [6.07, 6.45) is 1.84. The van der Waals surface area contributed by atoms with E-state index in [4.69, 9.17) is 4.74 Å². The Morgan fingerprint density at radius 3 is 2.91 bits per heavy atom. The van der Waals surface area contributed by atoms with E-state index in [1.165, 1.54) is 11.5 Å². The SMILES string of the molecule is COc1ccc2c(C(=O)N[C@@]3(O)CN4CCC3CC4)nsc2c1. The second-order valence-electron chi connectivity index (χ2n) is 6.32. The molecule has 3 fully saturated rings. The minimum absolute atomic E-state index is 0.126. The molecule has 2 N–H and O–H groups in total. The highest BCUT2D eigenvalue weighted by Crippen LogP contribution is 2.34. The van der Waals surface area contributed by atoms with Crippen molar-refractivity contribution in [2.75, 3.05) is 26.7 Å². The maximum atomic E-state index is 12.6. The molecule has 23 heavy (non-hydrogen) atoms.